The third-order valence-corrected chi connectivity index (χ3v) is 2.72. The van der Waals surface area contributed by atoms with Gasteiger partial charge in [-0.25, -0.2) is 0 Å². The fraction of sp³-hybridized carbons (Fsp3) is 0.500. The van der Waals surface area contributed by atoms with Crippen molar-refractivity contribution in [3.8, 4) is 5.75 Å². The molecule has 0 N–H and O–H groups in total. The van der Waals surface area contributed by atoms with Gasteiger partial charge in [0.1, 0.15) is 5.75 Å². The van der Waals surface area contributed by atoms with Crippen molar-refractivity contribution in [1.29, 1.82) is 0 Å². The lowest BCUT2D eigenvalue weighted by Crippen LogP contribution is -2.16. The van der Waals surface area contributed by atoms with Crippen molar-refractivity contribution >= 4 is 0 Å². The van der Waals surface area contributed by atoms with Gasteiger partial charge in [-0.05, 0) is 23.5 Å². The van der Waals surface area contributed by atoms with Crippen LogP contribution in [0.1, 0.15) is 32.8 Å². The Kier molecular flexibility index (Phi) is 2.97. The van der Waals surface area contributed by atoms with Crippen LogP contribution >= 0.6 is 0 Å². The summed E-state index contributed by atoms with van der Waals surface area (Å²) in [6, 6.07) is 8.23. The molecule has 0 atom stereocenters. The number of hydrogen-bond donors (Lipinski definition) is 0. The number of hydrogen-bond acceptors (Lipinski definition) is 1. The summed E-state index contributed by atoms with van der Waals surface area (Å²) in [6.45, 7) is 6.68. The highest BCUT2D eigenvalue weighted by Crippen LogP contribution is 2.33. The number of benzene rings is 1. The molecule has 0 fully saturated rings. The maximum atomic E-state index is 5.33. The Hall–Kier alpha value is -0.980. The molecule has 0 spiro atoms. The van der Waals surface area contributed by atoms with Crippen molar-refractivity contribution in [2.75, 3.05) is 7.11 Å². The van der Waals surface area contributed by atoms with Crippen LogP contribution < -0.4 is 4.74 Å². The van der Waals surface area contributed by atoms with Crippen LogP contribution in [0.25, 0.3) is 0 Å². The average Bonchev–Trinajstić information content (AvgIpc) is 2.18. The lowest BCUT2D eigenvalue weighted by Gasteiger charge is -2.25. The van der Waals surface area contributed by atoms with Gasteiger partial charge in [0, 0.05) is 0 Å². The van der Waals surface area contributed by atoms with Crippen molar-refractivity contribution in [2.45, 2.75) is 32.6 Å². The second-order valence-electron chi connectivity index (χ2n) is 3.94. The van der Waals surface area contributed by atoms with Gasteiger partial charge in [0.25, 0.3) is 0 Å². The monoisotopic (exact) mass is 178 g/mol. The van der Waals surface area contributed by atoms with Gasteiger partial charge in [-0.1, -0.05) is 39.0 Å². The van der Waals surface area contributed by atoms with E-state index in [0.717, 1.165) is 12.2 Å². The molecule has 1 nitrogen and oxygen atoms in total. The zero-order valence-electron chi connectivity index (χ0n) is 8.92. The molecule has 0 heterocycles. The minimum atomic E-state index is 0.201. The van der Waals surface area contributed by atoms with Gasteiger partial charge in [0.2, 0.25) is 0 Å². The van der Waals surface area contributed by atoms with Gasteiger partial charge in [-0.3, -0.25) is 0 Å². The summed E-state index contributed by atoms with van der Waals surface area (Å²) in [5.41, 5.74) is 1.49. The molecule has 0 unspecified atom stereocenters. The van der Waals surface area contributed by atoms with E-state index in [4.69, 9.17) is 4.74 Å². The Morgan fingerprint density at radius 3 is 2.38 bits per heavy atom. The maximum Gasteiger partial charge on any atom is 0.122 e. The largest absolute Gasteiger partial charge is 0.496 e. The highest BCUT2D eigenvalue weighted by molar-refractivity contribution is 5.38. The number of methoxy groups -OCH3 is 1. The molecule has 0 saturated heterocycles. The van der Waals surface area contributed by atoms with E-state index in [9.17, 15) is 0 Å². The molecule has 0 aliphatic carbocycles. The first-order valence-corrected chi connectivity index (χ1v) is 4.75. The first-order valence-electron chi connectivity index (χ1n) is 4.75. The van der Waals surface area contributed by atoms with Crippen LogP contribution in [-0.2, 0) is 5.41 Å². The quantitative estimate of drug-likeness (QED) is 0.689. The first-order chi connectivity index (χ1) is 6.11. The zero-order valence-corrected chi connectivity index (χ0v) is 8.92. The van der Waals surface area contributed by atoms with E-state index in [-0.39, 0.29) is 5.41 Å². The molecule has 0 saturated carbocycles. The van der Waals surface area contributed by atoms with Crippen molar-refractivity contribution in [2.24, 2.45) is 0 Å². The van der Waals surface area contributed by atoms with Gasteiger partial charge in [-0.2, -0.15) is 0 Å². The summed E-state index contributed by atoms with van der Waals surface area (Å²) in [6.07, 6.45) is 1.12. The fourth-order valence-corrected chi connectivity index (χ4v) is 1.39. The van der Waals surface area contributed by atoms with Crippen molar-refractivity contribution in [1.82, 2.24) is 0 Å². The van der Waals surface area contributed by atoms with E-state index in [1.807, 2.05) is 12.1 Å². The van der Waals surface area contributed by atoms with Crippen LogP contribution in [0.2, 0.25) is 0 Å². The molecule has 0 bridgehead atoms. The van der Waals surface area contributed by atoms with E-state index in [2.05, 4.69) is 32.9 Å². The van der Waals surface area contributed by atoms with Gasteiger partial charge < -0.3 is 4.74 Å². The smallest absolute Gasteiger partial charge is 0.122 e. The Morgan fingerprint density at radius 2 is 1.85 bits per heavy atom. The Bertz CT molecular complexity index is 276. The summed E-state index contributed by atoms with van der Waals surface area (Å²) < 4.78 is 5.33. The zero-order chi connectivity index (χ0) is 9.90. The van der Waals surface area contributed by atoms with E-state index < -0.39 is 0 Å². The molecule has 1 rings (SSSR count). The molecular weight excluding hydrogens is 160 g/mol. The summed E-state index contributed by atoms with van der Waals surface area (Å²) in [7, 11) is 1.73. The van der Waals surface area contributed by atoms with Crippen molar-refractivity contribution < 1.29 is 4.74 Å². The summed E-state index contributed by atoms with van der Waals surface area (Å²) in [5.74, 6) is 0.995. The second kappa shape index (κ2) is 3.82. The molecule has 72 valence electrons. The third-order valence-electron chi connectivity index (χ3n) is 2.72. The molecule has 0 radical (unpaired) electrons. The maximum absolute atomic E-state index is 5.33. The van der Waals surface area contributed by atoms with Crippen LogP contribution in [0.3, 0.4) is 0 Å². The van der Waals surface area contributed by atoms with E-state index in [1.165, 1.54) is 5.56 Å². The summed E-state index contributed by atoms with van der Waals surface area (Å²) >= 11 is 0. The number of ether oxygens (including phenoxy) is 1. The molecule has 0 aliphatic heterocycles. The standard InChI is InChI=1S/C12H18O/c1-5-12(2,3)10-8-6-7-9-11(10)13-4/h6-9H,5H2,1-4H3. The molecule has 0 aliphatic rings. The Morgan fingerprint density at radius 1 is 1.23 bits per heavy atom. The Labute approximate surface area is 80.7 Å². The lowest BCUT2D eigenvalue weighted by molar-refractivity contribution is 0.389. The van der Waals surface area contributed by atoms with Crippen LogP contribution in [-0.4, -0.2) is 7.11 Å². The minimum Gasteiger partial charge on any atom is -0.496 e. The number of para-hydroxylation sites is 1. The van der Waals surface area contributed by atoms with Gasteiger partial charge in [0.15, 0.2) is 0 Å². The predicted octanol–water partition coefficient (Wildman–Crippen LogP) is 3.38. The van der Waals surface area contributed by atoms with Crippen molar-refractivity contribution in [3.63, 3.8) is 0 Å². The van der Waals surface area contributed by atoms with E-state index >= 15 is 0 Å². The van der Waals surface area contributed by atoms with Crippen LogP contribution in [0.5, 0.6) is 5.75 Å². The highest BCUT2D eigenvalue weighted by atomic mass is 16.5. The second-order valence-corrected chi connectivity index (χ2v) is 3.94. The van der Waals surface area contributed by atoms with Gasteiger partial charge >= 0.3 is 0 Å². The average molecular weight is 178 g/mol. The van der Waals surface area contributed by atoms with Crippen LogP contribution in [0, 0.1) is 0 Å². The first kappa shape index (κ1) is 10.1. The molecule has 1 aromatic carbocycles. The lowest BCUT2D eigenvalue weighted by atomic mass is 9.82. The SMILES string of the molecule is CCC(C)(C)c1ccccc1OC. The summed E-state index contributed by atoms with van der Waals surface area (Å²) in [4.78, 5) is 0. The topological polar surface area (TPSA) is 9.23 Å². The molecule has 1 heteroatoms. The van der Waals surface area contributed by atoms with Crippen LogP contribution in [0.15, 0.2) is 24.3 Å². The minimum absolute atomic E-state index is 0.201. The van der Waals surface area contributed by atoms with Gasteiger partial charge in [-0.15, -0.1) is 0 Å². The predicted molar refractivity (Wildman–Crippen MR) is 56.3 cm³/mol. The Balaban J connectivity index is 3.12. The molecule has 0 amide bonds. The highest BCUT2D eigenvalue weighted by Gasteiger charge is 2.21. The van der Waals surface area contributed by atoms with Gasteiger partial charge in [0.05, 0.1) is 7.11 Å². The fourth-order valence-electron chi connectivity index (χ4n) is 1.39. The third kappa shape index (κ3) is 2.03. The normalized spacial score (nSPS) is 11.4. The molecular formula is C12H18O. The van der Waals surface area contributed by atoms with E-state index in [1.54, 1.807) is 7.11 Å². The molecule has 0 aromatic heterocycles. The van der Waals surface area contributed by atoms with Crippen LogP contribution in [0.4, 0.5) is 0 Å². The number of rotatable bonds is 3. The van der Waals surface area contributed by atoms with E-state index in [0.29, 0.717) is 0 Å². The molecule has 1 aromatic rings. The molecule has 13 heavy (non-hydrogen) atoms. The summed E-state index contributed by atoms with van der Waals surface area (Å²) in [5, 5.41) is 0. The van der Waals surface area contributed by atoms with Crippen molar-refractivity contribution in [3.05, 3.63) is 29.8 Å².